The molecule has 0 fully saturated rings. The Balaban J connectivity index is 4.83. The molecule has 76 valence electrons. The van der Waals surface area contributed by atoms with Crippen molar-refractivity contribution in [1.82, 2.24) is 0 Å². The van der Waals surface area contributed by atoms with Crippen LogP contribution in [0.3, 0.4) is 0 Å². The van der Waals surface area contributed by atoms with Gasteiger partial charge in [-0.2, -0.15) is 8.42 Å². The van der Waals surface area contributed by atoms with Gasteiger partial charge in [-0.15, -0.1) is 0 Å². The number of carboxylic acid groups (broad SMARTS) is 2. The van der Waals surface area contributed by atoms with Crippen molar-refractivity contribution in [2.75, 3.05) is 7.11 Å². The lowest BCUT2D eigenvalue weighted by atomic mass is 10.3. The summed E-state index contributed by atoms with van der Waals surface area (Å²) in [5, 5.41) is 14.5. The Morgan fingerprint density at radius 2 is 1.85 bits per heavy atom. The van der Waals surface area contributed by atoms with Crippen molar-refractivity contribution in [3.63, 3.8) is 0 Å². The molecule has 8 heteroatoms. The van der Waals surface area contributed by atoms with Gasteiger partial charge >= 0.3 is 11.9 Å². The van der Waals surface area contributed by atoms with E-state index in [0.717, 1.165) is 7.11 Å². The molecule has 0 radical (unpaired) electrons. The number of carbonyl (C=O) groups is 2. The second kappa shape index (κ2) is 4.19. The largest absolute Gasteiger partial charge is 0.481 e. The van der Waals surface area contributed by atoms with Crippen LogP contribution in [0.4, 0.5) is 0 Å². The van der Waals surface area contributed by atoms with Crippen LogP contribution in [-0.4, -0.2) is 42.9 Å². The van der Waals surface area contributed by atoms with Crippen molar-refractivity contribution < 1.29 is 32.4 Å². The molecule has 0 aromatic heterocycles. The third-order valence-corrected chi connectivity index (χ3v) is 2.75. The van der Waals surface area contributed by atoms with Crippen molar-refractivity contribution in [1.29, 1.82) is 0 Å². The van der Waals surface area contributed by atoms with Crippen molar-refractivity contribution >= 4 is 22.1 Å². The second-order valence-electron chi connectivity index (χ2n) is 2.08. The van der Waals surface area contributed by atoms with E-state index in [1.165, 1.54) is 0 Å². The van der Waals surface area contributed by atoms with Gasteiger partial charge in [-0.05, 0) is 0 Å². The van der Waals surface area contributed by atoms with Gasteiger partial charge in [-0.25, -0.2) is 0 Å². The molecule has 0 heterocycles. The lowest BCUT2D eigenvalue weighted by molar-refractivity contribution is -0.143. The average Bonchev–Trinajstić information content (AvgIpc) is 1.99. The summed E-state index contributed by atoms with van der Waals surface area (Å²) in [6, 6.07) is 0. The Morgan fingerprint density at radius 3 is 2.08 bits per heavy atom. The van der Waals surface area contributed by atoms with Gasteiger partial charge in [0.05, 0.1) is 13.5 Å². The molecule has 0 amide bonds. The zero-order chi connectivity index (χ0) is 10.6. The molecule has 0 saturated carbocycles. The van der Waals surface area contributed by atoms with Crippen LogP contribution < -0.4 is 0 Å². The monoisotopic (exact) mass is 212 g/mol. The highest BCUT2D eigenvalue weighted by molar-refractivity contribution is 7.88. The molecular formula is C5H8O7S. The van der Waals surface area contributed by atoms with Gasteiger partial charge in [0.15, 0.2) is 5.25 Å². The first-order valence-electron chi connectivity index (χ1n) is 3.05. The second-order valence-corrected chi connectivity index (χ2v) is 3.97. The lowest BCUT2D eigenvalue weighted by Crippen LogP contribution is -2.33. The quantitative estimate of drug-likeness (QED) is 0.554. The molecule has 0 aromatic rings. The highest BCUT2D eigenvalue weighted by atomic mass is 32.2. The van der Waals surface area contributed by atoms with E-state index in [4.69, 9.17) is 10.2 Å². The van der Waals surface area contributed by atoms with Gasteiger partial charge in [-0.3, -0.25) is 13.8 Å². The summed E-state index contributed by atoms with van der Waals surface area (Å²) >= 11 is 0. The Labute approximate surface area is 74.1 Å². The Hall–Kier alpha value is -1.15. The summed E-state index contributed by atoms with van der Waals surface area (Å²) in [4.78, 5) is 20.4. The fourth-order valence-corrected chi connectivity index (χ4v) is 1.41. The third-order valence-electron chi connectivity index (χ3n) is 1.22. The van der Waals surface area contributed by atoms with E-state index in [2.05, 4.69) is 4.18 Å². The molecule has 0 spiro atoms. The Bertz CT molecular complexity index is 303. The van der Waals surface area contributed by atoms with Gasteiger partial charge in [0.1, 0.15) is 0 Å². The van der Waals surface area contributed by atoms with Crippen molar-refractivity contribution in [3.05, 3.63) is 0 Å². The van der Waals surface area contributed by atoms with Crippen LogP contribution in [0.2, 0.25) is 0 Å². The van der Waals surface area contributed by atoms with Gasteiger partial charge in [-0.1, -0.05) is 0 Å². The molecule has 1 unspecified atom stereocenters. The van der Waals surface area contributed by atoms with Crippen LogP contribution in [0.25, 0.3) is 0 Å². The Morgan fingerprint density at radius 1 is 1.38 bits per heavy atom. The van der Waals surface area contributed by atoms with Crippen LogP contribution in [-0.2, 0) is 23.9 Å². The first-order valence-corrected chi connectivity index (χ1v) is 4.52. The van der Waals surface area contributed by atoms with Gasteiger partial charge < -0.3 is 10.2 Å². The van der Waals surface area contributed by atoms with E-state index in [9.17, 15) is 18.0 Å². The van der Waals surface area contributed by atoms with Gasteiger partial charge in [0.2, 0.25) is 0 Å². The minimum atomic E-state index is -4.33. The third kappa shape index (κ3) is 3.38. The van der Waals surface area contributed by atoms with Gasteiger partial charge in [0, 0.05) is 0 Å². The van der Waals surface area contributed by atoms with E-state index in [-0.39, 0.29) is 0 Å². The summed E-state index contributed by atoms with van der Waals surface area (Å²) in [6.45, 7) is 0. The minimum Gasteiger partial charge on any atom is -0.481 e. The zero-order valence-corrected chi connectivity index (χ0v) is 7.44. The standard InChI is InChI=1S/C5H8O7S/c1-12-13(10,11)3(5(8)9)2-4(6)7/h3H,2H2,1H3,(H,6,7)(H,8,9). The Kier molecular flexibility index (Phi) is 3.82. The van der Waals surface area contributed by atoms with Crippen molar-refractivity contribution in [3.8, 4) is 0 Å². The lowest BCUT2D eigenvalue weighted by Gasteiger charge is -2.08. The van der Waals surface area contributed by atoms with Crippen LogP contribution in [0.1, 0.15) is 6.42 Å². The van der Waals surface area contributed by atoms with E-state index in [1.54, 1.807) is 0 Å². The molecule has 7 nitrogen and oxygen atoms in total. The minimum absolute atomic E-state index is 0.771. The summed E-state index contributed by atoms with van der Waals surface area (Å²) in [5.41, 5.74) is 0. The van der Waals surface area contributed by atoms with E-state index in [1.807, 2.05) is 0 Å². The number of rotatable bonds is 5. The molecule has 0 aromatic carbocycles. The number of aliphatic carboxylic acids is 2. The fraction of sp³-hybridized carbons (Fsp3) is 0.600. The molecule has 13 heavy (non-hydrogen) atoms. The molecule has 0 saturated heterocycles. The van der Waals surface area contributed by atoms with Crippen LogP contribution in [0.15, 0.2) is 0 Å². The molecule has 2 N–H and O–H groups in total. The molecule has 1 atom stereocenters. The molecular weight excluding hydrogens is 204 g/mol. The molecule has 0 aliphatic rings. The predicted molar refractivity (Wildman–Crippen MR) is 39.6 cm³/mol. The van der Waals surface area contributed by atoms with Gasteiger partial charge in [0.25, 0.3) is 10.1 Å². The summed E-state index contributed by atoms with van der Waals surface area (Å²) in [7, 11) is -3.56. The maximum Gasteiger partial charge on any atom is 0.325 e. The predicted octanol–water partition coefficient (Wildman–Crippen LogP) is -1.11. The zero-order valence-electron chi connectivity index (χ0n) is 6.63. The highest BCUT2D eigenvalue weighted by Gasteiger charge is 2.34. The van der Waals surface area contributed by atoms with Crippen molar-refractivity contribution in [2.24, 2.45) is 0 Å². The summed E-state index contributed by atoms with van der Waals surface area (Å²) in [6.07, 6.45) is -1.02. The topological polar surface area (TPSA) is 118 Å². The van der Waals surface area contributed by atoms with Crippen LogP contribution >= 0.6 is 0 Å². The summed E-state index contributed by atoms with van der Waals surface area (Å²) in [5.74, 6) is -3.27. The maximum absolute atomic E-state index is 10.8. The normalized spacial score (nSPS) is 13.6. The number of hydrogen-bond donors (Lipinski definition) is 2. The number of carboxylic acids is 2. The van der Waals surface area contributed by atoms with Crippen LogP contribution in [0, 0.1) is 0 Å². The van der Waals surface area contributed by atoms with E-state index >= 15 is 0 Å². The number of hydrogen-bond acceptors (Lipinski definition) is 5. The maximum atomic E-state index is 10.8. The summed E-state index contributed by atoms with van der Waals surface area (Å²) < 4.78 is 25.5. The first kappa shape index (κ1) is 11.8. The molecule has 0 aliphatic carbocycles. The highest BCUT2D eigenvalue weighted by Crippen LogP contribution is 2.08. The molecule has 0 rings (SSSR count). The first-order chi connectivity index (χ1) is 5.81. The molecule has 0 aliphatic heterocycles. The van der Waals surface area contributed by atoms with Crippen molar-refractivity contribution in [2.45, 2.75) is 11.7 Å². The average molecular weight is 212 g/mol. The fourth-order valence-electron chi connectivity index (χ4n) is 0.588. The smallest absolute Gasteiger partial charge is 0.325 e. The molecule has 0 bridgehead atoms. The van der Waals surface area contributed by atoms with Crippen LogP contribution in [0.5, 0.6) is 0 Å². The SMILES string of the molecule is COS(=O)(=O)C(CC(=O)O)C(=O)O. The van der Waals surface area contributed by atoms with E-state index in [0.29, 0.717) is 0 Å². The van der Waals surface area contributed by atoms with E-state index < -0.39 is 33.7 Å².